The average Bonchev–Trinajstić information content (AvgIpc) is 2.25. The summed E-state index contributed by atoms with van der Waals surface area (Å²) in [4.78, 5) is 11.8. The Morgan fingerprint density at radius 2 is 2.18 bits per heavy atom. The van der Waals surface area contributed by atoms with Crippen molar-refractivity contribution in [1.29, 1.82) is 0 Å². The van der Waals surface area contributed by atoms with E-state index in [0.29, 0.717) is 6.54 Å². The van der Waals surface area contributed by atoms with Gasteiger partial charge in [-0.25, -0.2) is 8.42 Å². The molecular weight excluding hydrogens is 240 g/mol. The van der Waals surface area contributed by atoms with E-state index < -0.39 is 20.5 Å². The number of carbonyl (C=O) groups excluding carboxylic acids is 1. The van der Waals surface area contributed by atoms with Gasteiger partial charge in [0.15, 0.2) is 9.84 Å². The summed E-state index contributed by atoms with van der Waals surface area (Å²) in [6.07, 6.45) is 3.99. The topological polar surface area (TPSA) is 75.3 Å². The molecule has 1 aliphatic rings. The first-order chi connectivity index (χ1) is 7.75. The van der Waals surface area contributed by atoms with E-state index in [1.807, 2.05) is 6.08 Å². The summed E-state index contributed by atoms with van der Waals surface area (Å²) in [5.41, 5.74) is 1.14. The Balaban J connectivity index is 2.58. The highest BCUT2D eigenvalue weighted by molar-refractivity contribution is 7.92. The molecule has 5 nitrogen and oxygen atoms in total. The van der Waals surface area contributed by atoms with Crippen LogP contribution in [0.15, 0.2) is 11.6 Å². The molecule has 1 heterocycles. The second-order valence-corrected chi connectivity index (χ2v) is 7.35. The average molecular weight is 260 g/mol. The standard InChI is InChI=1S/C11H20N2O3S/c1-11(2,17(3,15)16)10(14)13-8-9-4-6-12-7-5-9/h4,12H,5-8H2,1-3H3,(H,13,14). The third kappa shape index (κ3) is 3.54. The summed E-state index contributed by atoms with van der Waals surface area (Å²) < 4.78 is 21.5. The van der Waals surface area contributed by atoms with Gasteiger partial charge in [-0.3, -0.25) is 4.79 Å². The lowest BCUT2D eigenvalue weighted by Crippen LogP contribution is -2.48. The van der Waals surface area contributed by atoms with Crippen molar-refractivity contribution in [2.45, 2.75) is 25.0 Å². The van der Waals surface area contributed by atoms with Crippen LogP contribution < -0.4 is 10.6 Å². The van der Waals surface area contributed by atoms with Crippen LogP contribution in [0.4, 0.5) is 0 Å². The molecule has 0 spiro atoms. The first-order valence-corrected chi connectivity index (χ1v) is 7.51. The fourth-order valence-electron chi connectivity index (χ4n) is 1.41. The van der Waals surface area contributed by atoms with Crippen LogP contribution in [0.2, 0.25) is 0 Å². The highest BCUT2D eigenvalue weighted by atomic mass is 32.2. The Morgan fingerprint density at radius 3 is 2.65 bits per heavy atom. The number of rotatable bonds is 4. The summed E-state index contributed by atoms with van der Waals surface area (Å²) >= 11 is 0. The molecule has 1 amide bonds. The first-order valence-electron chi connectivity index (χ1n) is 5.61. The number of amides is 1. The maximum Gasteiger partial charge on any atom is 0.241 e. The Morgan fingerprint density at radius 1 is 1.53 bits per heavy atom. The summed E-state index contributed by atoms with van der Waals surface area (Å²) in [7, 11) is -3.40. The predicted octanol–water partition coefficient (Wildman–Crippen LogP) is -0.154. The predicted molar refractivity (Wildman–Crippen MR) is 67.5 cm³/mol. The number of nitrogens with one attached hydrogen (secondary N) is 2. The van der Waals surface area contributed by atoms with Crippen LogP contribution in [0, 0.1) is 0 Å². The molecule has 0 aromatic heterocycles. The summed E-state index contributed by atoms with van der Waals surface area (Å²) in [5, 5.41) is 5.86. The van der Waals surface area contributed by atoms with E-state index in [1.54, 1.807) is 0 Å². The van der Waals surface area contributed by atoms with Gasteiger partial charge in [-0.2, -0.15) is 0 Å². The fourth-order valence-corrected chi connectivity index (χ4v) is 1.81. The van der Waals surface area contributed by atoms with Crippen LogP contribution in [0.1, 0.15) is 20.3 Å². The highest BCUT2D eigenvalue weighted by Gasteiger charge is 2.38. The molecule has 2 N–H and O–H groups in total. The van der Waals surface area contributed by atoms with Crippen LogP contribution in [0.3, 0.4) is 0 Å². The van der Waals surface area contributed by atoms with Gasteiger partial charge in [0.25, 0.3) is 0 Å². The molecule has 0 fully saturated rings. The first kappa shape index (κ1) is 14.2. The van der Waals surface area contributed by atoms with Crippen molar-refractivity contribution in [3.8, 4) is 0 Å². The summed E-state index contributed by atoms with van der Waals surface area (Å²) in [6, 6.07) is 0. The molecule has 0 unspecified atom stereocenters. The van der Waals surface area contributed by atoms with Crippen LogP contribution >= 0.6 is 0 Å². The van der Waals surface area contributed by atoms with Crippen LogP contribution in [-0.2, 0) is 14.6 Å². The van der Waals surface area contributed by atoms with Gasteiger partial charge in [0.2, 0.25) is 5.91 Å². The molecule has 1 rings (SSSR count). The summed E-state index contributed by atoms with van der Waals surface area (Å²) in [5.74, 6) is -0.445. The molecular formula is C11H20N2O3S. The van der Waals surface area contributed by atoms with Crippen molar-refractivity contribution in [2.24, 2.45) is 0 Å². The van der Waals surface area contributed by atoms with Gasteiger partial charge in [0.05, 0.1) is 0 Å². The Bertz CT molecular complexity index is 424. The zero-order chi connectivity index (χ0) is 13.1. The van der Waals surface area contributed by atoms with Crippen molar-refractivity contribution >= 4 is 15.7 Å². The number of carbonyl (C=O) groups is 1. The van der Waals surface area contributed by atoms with Crippen molar-refractivity contribution in [2.75, 3.05) is 25.9 Å². The van der Waals surface area contributed by atoms with E-state index in [2.05, 4.69) is 10.6 Å². The van der Waals surface area contributed by atoms with Gasteiger partial charge in [-0.05, 0) is 26.8 Å². The number of hydrogen-bond acceptors (Lipinski definition) is 4. The third-order valence-corrected chi connectivity index (χ3v) is 5.15. The molecule has 98 valence electrons. The van der Waals surface area contributed by atoms with Gasteiger partial charge < -0.3 is 10.6 Å². The molecule has 0 radical (unpaired) electrons. The molecule has 0 aromatic carbocycles. The normalized spacial score (nSPS) is 17.5. The third-order valence-electron chi connectivity index (χ3n) is 3.11. The number of sulfone groups is 1. The molecule has 0 bridgehead atoms. The maximum absolute atomic E-state index is 11.8. The second kappa shape index (κ2) is 5.18. The Kier molecular flexibility index (Phi) is 4.32. The van der Waals surface area contributed by atoms with Gasteiger partial charge >= 0.3 is 0 Å². The molecule has 6 heteroatoms. The van der Waals surface area contributed by atoms with E-state index in [9.17, 15) is 13.2 Å². The van der Waals surface area contributed by atoms with Crippen molar-refractivity contribution in [1.82, 2.24) is 10.6 Å². The van der Waals surface area contributed by atoms with Crippen molar-refractivity contribution < 1.29 is 13.2 Å². The van der Waals surface area contributed by atoms with Crippen molar-refractivity contribution in [3.05, 3.63) is 11.6 Å². The quantitative estimate of drug-likeness (QED) is 0.689. The lowest BCUT2D eigenvalue weighted by atomic mass is 10.1. The maximum atomic E-state index is 11.8. The van der Waals surface area contributed by atoms with E-state index in [-0.39, 0.29) is 0 Å². The molecule has 0 saturated carbocycles. The van der Waals surface area contributed by atoms with Crippen LogP contribution in [0.25, 0.3) is 0 Å². The van der Waals surface area contributed by atoms with Gasteiger partial charge in [-0.15, -0.1) is 0 Å². The van der Waals surface area contributed by atoms with Crippen molar-refractivity contribution in [3.63, 3.8) is 0 Å². The van der Waals surface area contributed by atoms with E-state index in [4.69, 9.17) is 0 Å². The monoisotopic (exact) mass is 260 g/mol. The van der Waals surface area contributed by atoms with Gasteiger partial charge in [0, 0.05) is 19.3 Å². The van der Waals surface area contributed by atoms with Crippen LogP contribution in [0.5, 0.6) is 0 Å². The van der Waals surface area contributed by atoms with E-state index in [0.717, 1.165) is 31.3 Å². The van der Waals surface area contributed by atoms with E-state index >= 15 is 0 Å². The Labute approximate surface area is 103 Å². The molecule has 0 aromatic rings. The largest absolute Gasteiger partial charge is 0.351 e. The number of hydrogen-bond donors (Lipinski definition) is 2. The minimum Gasteiger partial charge on any atom is -0.351 e. The Hall–Kier alpha value is -0.880. The second-order valence-electron chi connectivity index (χ2n) is 4.78. The molecule has 0 aliphatic carbocycles. The zero-order valence-electron chi connectivity index (χ0n) is 10.5. The summed E-state index contributed by atoms with van der Waals surface area (Å²) in [6.45, 7) is 4.99. The lowest BCUT2D eigenvalue weighted by molar-refractivity contribution is -0.122. The van der Waals surface area contributed by atoms with Gasteiger partial charge in [0.1, 0.15) is 4.75 Å². The SMILES string of the molecule is CC(C)(C(=O)NCC1=CCNCC1)S(C)(=O)=O. The zero-order valence-corrected chi connectivity index (χ0v) is 11.4. The highest BCUT2D eigenvalue weighted by Crippen LogP contribution is 2.15. The van der Waals surface area contributed by atoms with Crippen LogP contribution in [-0.4, -0.2) is 45.0 Å². The molecule has 1 aliphatic heterocycles. The fraction of sp³-hybridized carbons (Fsp3) is 0.727. The minimum atomic E-state index is -3.40. The molecule has 0 atom stereocenters. The smallest absolute Gasteiger partial charge is 0.241 e. The molecule has 17 heavy (non-hydrogen) atoms. The van der Waals surface area contributed by atoms with E-state index in [1.165, 1.54) is 13.8 Å². The minimum absolute atomic E-state index is 0.430. The van der Waals surface area contributed by atoms with Gasteiger partial charge in [-0.1, -0.05) is 11.6 Å². The lowest BCUT2D eigenvalue weighted by Gasteiger charge is -2.22. The molecule has 0 saturated heterocycles.